The molecule has 2 aliphatic heterocycles. The Kier molecular flexibility index (Phi) is 51.1. The molecular weight excluding hydrogens is 1620 g/mol. The van der Waals surface area contributed by atoms with Crippen molar-refractivity contribution in [2.75, 3.05) is 131 Å². The number of benzene rings is 4. The van der Waals surface area contributed by atoms with Gasteiger partial charge in [-0.3, -0.25) is 0 Å². The molecule has 9 rings (SSSR count). The lowest BCUT2D eigenvalue weighted by Crippen LogP contribution is -2.50. The molecule has 7 aromatic rings. The van der Waals surface area contributed by atoms with Crippen molar-refractivity contribution in [3.05, 3.63) is 144 Å². The van der Waals surface area contributed by atoms with E-state index in [4.69, 9.17) is 28.9 Å². The van der Waals surface area contributed by atoms with Gasteiger partial charge in [0.1, 0.15) is 23.0 Å². The van der Waals surface area contributed by atoms with E-state index in [0.29, 0.717) is 26.4 Å². The number of fused-ring (bicyclic) bond motifs is 8. The summed E-state index contributed by atoms with van der Waals surface area (Å²) in [6, 6.07) is 44.1. The molecule has 0 fully saturated rings. The number of nitrogens with zero attached hydrogens (tertiary/aromatic N) is 6. The average Bonchev–Trinajstić information content (AvgIpc) is 1.61. The molecule has 5 heterocycles. The van der Waals surface area contributed by atoms with Crippen LogP contribution in [0.2, 0.25) is 0 Å². The van der Waals surface area contributed by atoms with E-state index >= 15 is 0 Å². The maximum absolute atomic E-state index is 6.81. The van der Waals surface area contributed by atoms with Crippen LogP contribution in [0.3, 0.4) is 0 Å². The molecule has 3 aromatic heterocycles. The SMILES string of the molecule is CCCC[N+](CCCC)(CCCC)CCCCCCCOc1cccc(-c2c3nc(c(-c4cccc(OCCCCCCC[N+](CCCC)(CCCC)CCCC)c4)c4ccc([nH]4)c(-c4cccc(OCCCCCCC[N+](CCCC)(CCCC)CCCC)c4)c4nc(c(-c5cccc(OCCCCCCC[N+](CCCC)(CCCC)CCCC)c5)c5ccc2[nH]5)C=C4)C=C3)c1. The minimum atomic E-state index is 0.675. The number of aromatic amines is 2. The smallest absolute Gasteiger partial charge is 0.119 e. The predicted molar refractivity (Wildman–Crippen MR) is 573 cm³/mol. The maximum atomic E-state index is 6.81. The van der Waals surface area contributed by atoms with Crippen molar-refractivity contribution < 1.29 is 36.9 Å². The van der Waals surface area contributed by atoms with E-state index in [1.54, 1.807) is 0 Å². The largest absolute Gasteiger partial charge is 0.494 e. The summed E-state index contributed by atoms with van der Waals surface area (Å²) in [6.07, 6.45) is 64.5. The molecule has 0 radical (unpaired) electrons. The van der Waals surface area contributed by atoms with Crippen molar-refractivity contribution in [2.24, 2.45) is 0 Å². The Morgan fingerprint density at radius 1 is 0.197 bits per heavy atom. The van der Waals surface area contributed by atoms with Crippen LogP contribution < -0.4 is 18.9 Å². The van der Waals surface area contributed by atoms with Gasteiger partial charge in [0.05, 0.1) is 154 Å². The Balaban J connectivity index is 1.07. The van der Waals surface area contributed by atoms with Gasteiger partial charge < -0.3 is 46.8 Å². The summed E-state index contributed by atoms with van der Waals surface area (Å²) in [5, 5.41) is 0. The molecular formula is C120H190N8O4+4. The van der Waals surface area contributed by atoms with Crippen molar-refractivity contribution in [3.8, 4) is 67.5 Å². The van der Waals surface area contributed by atoms with Crippen molar-refractivity contribution in [1.82, 2.24) is 19.9 Å². The number of unbranched alkanes of at least 4 members (excludes halogenated alkanes) is 28. The van der Waals surface area contributed by atoms with Gasteiger partial charge in [0, 0.05) is 44.3 Å². The molecule has 12 heteroatoms. The molecule has 8 bridgehead atoms. The van der Waals surface area contributed by atoms with Crippen molar-refractivity contribution in [1.29, 1.82) is 0 Å². The van der Waals surface area contributed by atoms with Gasteiger partial charge in [0.15, 0.2) is 0 Å². The quantitative estimate of drug-likeness (QED) is 0.0291. The maximum Gasteiger partial charge on any atom is 0.119 e. The fourth-order valence-electron chi connectivity index (χ4n) is 21.1. The molecule has 0 aliphatic carbocycles. The second-order valence-electron chi connectivity index (χ2n) is 40.3. The molecule has 132 heavy (non-hydrogen) atoms. The van der Waals surface area contributed by atoms with E-state index in [-0.39, 0.29) is 0 Å². The first-order valence-corrected chi connectivity index (χ1v) is 55.3. The van der Waals surface area contributed by atoms with E-state index in [2.05, 4.69) is 239 Å². The minimum Gasteiger partial charge on any atom is -0.494 e. The van der Waals surface area contributed by atoms with Crippen molar-refractivity contribution >= 4 is 46.4 Å². The molecule has 0 saturated heterocycles. The second kappa shape index (κ2) is 62.3. The number of quaternary nitrogens is 4. The van der Waals surface area contributed by atoms with Crippen LogP contribution in [0.1, 0.15) is 388 Å². The molecule has 0 atom stereocenters. The van der Waals surface area contributed by atoms with Gasteiger partial charge in [-0.2, -0.15) is 0 Å². The number of ether oxygens (including phenoxy) is 4. The summed E-state index contributed by atoms with van der Waals surface area (Å²) in [7, 11) is 0. The predicted octanol–water partition coefficient (Wildman–Crippen LogP) is 33.5. The highest BCUT2D eigenvalue weighted by Crippen LogP contribution is 2.42. The Labute approximate surface area is 806 Å². The molecule has 4 aromatic carbocycles. The van der Waals surface area contributed by atoms with Gasteiger partial charge in [-0.05, 0) is 273 Å². The fraction of sp³-hybridized carbons (Fsp3) is 0.633. The first kappa shape index (κ1) is 108. The van der Waals surface area contributed by atoms with Gasteiger partial charge in [0.25, 0.3) is 0 Å². The number of hydrogen-bond acceptors (Lipinski definition) is 6. The highest BCUT2D eigenvalue weighted by molar-refractivity contribution is 6.00. The third-order valence-corrected chi connectivity index (χ3v) is 29.3. The van der Waals surface area contributed by atoms with Crippen LogP contribution in [0.15, 0.2) is 121 Å². The van der Waals surface area contributed by atoms with E-state index < -0.39 is 0 Å². The first-order valence-electron chi connectivity index (χ1n) is 55.3. The normalized spacial score (nSPS) is 12.5. The van der Waals surface area contributed by atoms with Crippen LogP contribution >= 0.6 is 0 Å². The number of rotatable bonds is 76. The zero-order chi connectivity index (χ0) is 93.4. The summed E-state index contributed by atoms with van der Waals surface area (Å²) in [4.78, 5) is 19.9. The van der Waals surface area contributed by atoms with E-state index in [1.807, 2.05) is 0 Å². The van der Waals surface area contributed by atoms with Crippen LogP contribution in [0.4, 0.5) is 0 Å². The van der Waals surface area contributed by atoms with Crippen LogP contribution in [0, 0.1) is 0 Å². The minimum absolute atomic E-state index is 0.675. The van der Waals surface area contributed by atoms with Crippen LogP contribution in [0.25, 0.3) is 90.9 Å². The highest BCUT2D eigenvalue weighted by atomic mass is 16.5. The summed E-state index contributed by atoms with van der Waals surface area (Å²) < 4.78 is 32.6. The standard InChI is InChI=1S/C120H190N8O4/c1-13-25-77-125(78-26-14-2,79-27-15-3)89-49-41-37-45-53-93-129-105-65-57-61-101(97-105)117-109-69-71-111(121-109)118(102-62-58-66-106(98-102)130-94-54-46-38-42-50-90-126(80-28-16-4,81-29-17-5)82-30-18-6)113-73-75-115(123-113)120(104-64-60-68-108(100-104)132-96-56-48-40-44-52-92-128(86-34-22-10,87-35-23-11)88-36-24-12)116-76-74-114(124-116)119(112-72-70-110(117)122-112)103-63-59-67-107(99-103)131-95-55-47-39-43-51-91-127(83-31-19-7,84-32-20-8)85-33-21-9/h57-76,97-100,121,124H,13-56,77-96H2,1-12H3/q+4. The average molecular weight is 1810 g/mol. The van der Waals surface area contributed by atoms with E-state index in [9.17, 15) is 0 Å². The highest BCUT2D eigenvalue weighted by Gasteiger charge is 2.31. The van der Waals surface area contributed by atoms with Gasteiger partial charge in [-0.15, -0.1) is 0 Å². The number of aromatic nitrogens is 4. The van der Waals surface area contributed by atoms with Gasteiger partial charge in [0.2, 0.25) is 0 Å². The Hall–Kier alpha value is -7.48. The monoisotopic (exact) mass is 1810 g/mol. The third kappa shape index (κ3) is 35.9. The van der Waals surface area contributed by atoms with Crippen LogP contribution in [-0.4, -0.2) is 169 Å². The molecule has 0 unspecified atom stereocenters. The molecule has 730 valence electrons. The molecule has 2 N–H and O–H groups in total. The Bertz CT molecular complexity index is 3900. The molecule has 0 spiro atoms. The van der Waals surface area contributed by atoms with E-state index in [0.717, 1.165) is 138 Å². The zero-order valence-corrected chi connectivity index (χ0v) is 86.4. The number of hydrogen-bond donors (Lipinski definition) is 2. The first-order chi connectivity index (χ1) is 64.8. The fourth-order valence-corrected chi connectivity index (χ4v) is 21.1. The van der Waals surface area contributed by atoms with Crippen molar-refractivity contribution in [3.63, 3.8) is 0 Å². The second-order valence-corrected chi connectivity index (χ2v) is 40.3. The summed E-state index contributed by atoms with van der Waals surface area (Å²) in [5.74, 6) is 3.47. The van der Waals surface area contributed by atoms with Gasteiger partial charge in [-0.25, -0.2) is 9.97 Å². The molecule has 0 saturated carbocycles. The van der Waals surface area contributed by atoms with Crippen LogP contribution in [0.5, 0.6) is 23.0 Å². The van der Waals surface area contributed by atoms with Crippen molar-refractivity contribution in [2.45, 2.75) is 366 Å². The van der Waals surface area contributed by atoms with Gasteiger partial charge >= 0.3 is 0 Å². The summed E-state index contributed by atoms with van der Waals surface area (Å²) in [6.45, 7) is 52.5. The zero-order valence-electron chi connectivity index (χ0n) is 86.4. The Morgan fingerprint density at radius 2 is 0.364 bits per heavy atom. The van der Waals surface area contributed by atoms with Gasteiger partial charge in [-0.1, -0.05) is 260 Å². The number of nitrogens with one attached hydrogen (secondary N) is 2. The lowest BCUT2D eigenvalue weighted by atomic mass is 10.0. The third-order valence-electron chi connectivity index (χ3n) is 29.3. The summed E-state index contributed by atoms with van der Waals surface area (Å²) in [5.41, 5.74) is 15.4. The van der Waals surface area contributed by atoms with Crippen LogP contribution in [-0.2, 0) is 0 Å². The summed E-state index contributed by atoms with van der Waals surface area (Å²) >= 11 is 0. The Morgan fingerprint density at radius 3 is 0.545 bits per heavy atom. The lowest BCUT2D eigenvalue weighted by Gasteiger charge is -2.39. The topological polar surface area (TPSA) is 94.3 Å². The molecule has 2 aliphatic rings. The molecule has 0 amide bonds. The number of H-pyrrole nitrogens is 2. The molecule has 12 nitrogen and oxygen atoms in total. The lowest BCUT2D eigenvalue weighted by molar-refractivity contribution is -0.929. The van der Waals surface area contributed by atoms with E-state index in [1.165, 1.54) is 379 Å².